The van der Waals surface area contributed by atoms with Gasteiger partial charge in [0.05, 0.1) is 6.42 Å². The molecule has 1 N–H and O–H groups in total. The highest BCUT2D eigenvalue weighted by Crippen LogP contribution is 2.23. The number of halogens is 2. The molecule has 0 bridgehead atoms. The third kappa shape index (κ3) is 4.81. The normalized spacial score (nSPS) is 10.3. The second kappa shape index (κ2) is 7.81. The minimum atomic E-state index is -0.491. The summed E-state index contributed by atoms with van der Waals surface area (Å²) in [7, 11) is 0. The van der Waals surface area contributed by atoms with Crippen LogP contribution >= 0.6 is 11.6 Å². The van der Waals surface area contributed by atoms with Gasteiger partial charge >= 0.3 is 0 Å². The Labute approximate surface area is 150 Å². The SMILES string of the molecule is O=C(Cc1ccc(Cl)cc1F)Nc1ccc(Oc2ccccc2)cc1. The summed E-state index contributed by atoms with van der Waals surface area (Å²) in [5.74, 6) is 0.595. The monoisotopic (exact) mass is 355 g/mol. The van der Waals surface area contributed by atoms with Gasteiger partial charge in [0, 0.05) is 10.7 Å². The first-order valence-corrected chi connectivity index (χ1v) is 8.05. The first-order valence-electron chi connectivity index (χ1n) is 7.67. The zero-order chi connectivity index (χ0) is 17.6. The second-order valence-electron chi connectivity index (χ2n) is 5.40. The molecule has 1 amide bonds. The summed E-state index contributed by atoms with van der Waals surface area (Å²) in [4.78, 5) is 12.1. The summed E-state index contributed by atoms with van der Waals surface area (Å²) in [6.07, 6.45) is -0.0642. The fourth-order valence-electron chi connectivity index (χ4n) is 2.27. The van der Waals surface area contributed by atoms with Crippen molar-refractivity contribution in [3.8, 4) is 11.5 Å². The first-order chi connectivity index (χ1) is 12.1. The van der Waals surface area contributed by atoms with Crippen LogP contribution in [0.1, 0.15) is 5.56 Å². The maximum atomic E-state index is 13.7. The minimum Gasteiger partial charge on any atom is -0.457 e. The van der Waals surface area contributed by atoms with Gasteiger partial charge in [-0.05, 0) is 54.1 Å². The molecule has 3 rings (SSSR count). The molecule has 0 aliphatic heterocycles. The van der Waals surface area contributed by atoms with E-state index in [4.69, 9.17) is 16.3 Å². The lowest BCUT2D eigenvalue weighted by Gasteiger charge is -2.08. The highest BCUT2D eigenvalue weighted by atomic mass is 35.5. The van der Waals surface area contributed by atoms with E-state index in [0.717, 1.165) is 5.75 Å². The number of nitrogens with one attached hydrogen (secondary N) is 1. The van der Waals surface area contributed by atoms with Gasteiger partial charge in [0.1, 0.15) is 17.3 Å². The predicted molar refractivity (Wildman–Crippen MR) is 96.7 cm³/mol. The fraction of sp³-hybridized carbons (Fsp3) is 0.0500. The lowest BCUT2D eigenvalue weighted by Crippen LogP contribution is -2.15. The number of carbonyl (C=O) groups excluding carboxylic acids is 1. The van der Waals surface area contributed by atoms with Crippen molar-refractivity contribution in [2.45, 2.75) is 6.42 Å². The van der Waals surface area contributed by atoms with Gasteiger partial charge in [-0.1, -0.05) is 35.9 Å². The van der Waals surface area contributed by atoms with E-state index in [9.17, 15) is 9.18 Å². The van der Waals surface area contributed by atoms with Crippen LogP contribution < -0.4 is 10.1 Å². The van der Waals surface area contributed by atoms with Crippen molar-refractivity contribution in [3.05, 3.63) is 89.2 Å². The topological polar surface area (TPSA) is 38.3 Å². The smallest absolute Gasteiger partial charge is 0.228 e. The lowest BCUT2D eigenvalue weighted by molar-refractivity contribution is -0.115. The summed E-state index contributed by atoms with van der Waals surface area (Å²) in [6, 6.07) is 20.6. The average Bonchev–Trinajstić information content (AvgIpc) is 2.60. The van der Waals surface area contributed by atoms with E-state index in [1.54, 1.807) is 30.3 Å². The Morgan fingerprint density at radius 3 is 2.32 bits per heavy atom. The number of carbonyl (C=O) groups is 1. The lowest BCUT2D eigenvalue weighted by atomic mass is 10.1. The molecule has 0 saturated heterocycles. The number of ether oxygens (including phenoxy) is 1. The van der Waals surface area contributed by atoms with Crippen LogP contribution in [0.5, 0.6) is 11.5 Å². The highest BCUT2D eigenvalue weighted by Gasteiger charge is 2.09. The van der Waals surface area contributed by atoms with E-state index in [0.29, 0.717) is 22.0 Å². The second-order valence-corrected chi connectivity index (χ2v) is 5.84. The number of hydrogen-bond donors (Lipinski definition) is 1. The van der Waals surface area contributed by atoms with E-state index < -0.39 is 5.82 Å². The Hall–Kier alpha value is -2.85. The fourth-order valence-corrected chi connectivity index (χ4v) is 2.43. The van der Waals surface area contributed by atoms with Crippen LogP contribution in [0.4, 0.5) is 10.1 Å². The number of para-hydroxylation sites is 1. The molecule has 0 fully saturated rings. The van der Waals surface area contributed by atoms with Crippen molar-refractivity contribution < 1.29 is 13.9 Å². The third-order valence-electron chi connectivity index (χ3n) is 3.48. The molecule has 0 aliphatic carbocycles. The van der Waals surface area contributed by atoms with E-state index in [1.165, 1.54) is 12.1 Å². The van der Waals surface area contributed by atoms with Crippen molar-refractivity contribution in [1.29, 1.82) is 0 Å². The Morgan fingerprint density at radius 2 is 1.64 bits per heavy atom. The molecule has 0 atom stereocenters. The molecule has 3 nitrogen and oxygen atoms in total. The van der Waals surface area contributed by atoms with E-state index in [-0.39, 0.29) is 12.3 Å². The van der Waals surface area contributed by atoms with E-state index in [1.807, 2.05) is 30.3 Å². The largest absolute Gasteiger partial charge is 0.457 e. The first kappa shape index (κ1) is 17.0. The molecule has 25 heavy (non-hydrogen) atoms. The maximum absolute atomic E-state index is 13.7. The minimum absolute atomic E-state index is 0.0642. The van der Waals surface area contributed by atoms with Crippen LogP contribution in [0.3, 0.4) is 0 Å². The molecule has 0 spiro atoms. The van der Waals surface area contributed by atoms with Gasteiger partial charge in [-0.2, -0.15) is 0 Å². The van der Waals surface area contributed by atoms with Gasteiger partial charge in [0.15, 0.2) is 0 Å². The van der Waals surface area contributed by atoms with Crippen LogP contribution in [0.25, 0.3) is 0 Å². The molecule has 3 aromatic rings. The highest BCUT2D eigenvalue weighted by molar-refractivity contribution is 6.30. The van der Waals surface area contributed by atoms with Gasteiger partial charge in [0.2, 0.25) is 5.91 Å². The van der Waals surface area contributed by atoms with Gasteiger partial charge in [-0.25, -0.2) is 4.39 Å². The zero-order valence-electron chi connectivity index (χ0n) is 13.2. The van der Waals surface area contributed by atoms with Crippen molar-refractivity contribution in [1.82, 2.24) is 0 Å². The van der Waals surface area contributed by atoms with Crippen LogP contribution in [-0.4, -0.2) is 5.91 Å². The molecule has 0 aromatic heterocycles. The number of rotatable bonds is 5. The quantitative estimate of drug-likeness (QED) is 0.660. The van der Waals surface area contributed by atoms with Crippen molar-refractivity contribution >= 4 is 23.2 Å². The number of benzene rings is 3. The molecule has 0 aliphatic rings. The Morgan fingerprint density at radius 1 is 0.960 bits per heavy atom. The van der Waals surface area contributed by atoms with Crippen LogP contribution in [0.2, 0.25) is 5.02 Å². The Balaban J connectivity index is 1.60. The van der Waals surface area contributed by atoms with Gasteiger partial charge in [-0.15, -0.1) is 0 Å². The van der Waals surface area contributed by atoms with Crippen molar-refractivity contribution in [2.75, 3.05) is 5.32 Å². The summed E-state index contributed by atoms with van der Waals surface area (Å²) >= 11 is 5.70. The van der Waals surface area contributed by atoms with E-state index >= 15 is 0 Å². The van der Waals surface area contributed by atoms with Gasteiger partial charge < -0.3 is 10.1 Å². The molecule has 126 valence electrons. The van der Waals surface area contributed by atoms with Crippen LogP contribution in [-0.2, 0) is 11.2 Å². The Kier molecular flexibility index (Phi) is 5.31. The third-order valence-corrected chi connectivity index (χ3v) is 3.72. The summed E-state index contributed by atoms with van der Waals surface area (Å²) < 4.78 is 19.4. The standard InChI is InChI=1S/C20H15ClFNO2/c21-15-7-6-14(19(22)13-15)12-20(24)23-16-8-10-18(11-9-16)25-17-4-2-1-3-5-17/h1-11,13H,12H2,(H,23,24). The van der Waals surface area contributed by atoms with Crippen LogP contribution in [0.15, 0.2) is 72.8 Å². The number of anilines is 1. The van der Waals surface area contributed by atoms with Crippen molar-refractivity contribution in [3.63, 3.8) is 0 Å². The molecule has 5 heteroatoms. The predicted octanol–water partition coefficient (Wildman–Crippen LogP) is 5.45. The van der Waals surface area contributed by atoms with Crippen LogP contribution in [0, 0.1) is 5.82 Å². The molecule has 0 radical (unpaired) electrons. The van der Waals surface area contributed by atoms with Crippen molar-refractivity contribution in [2.24, 2.45) is 0 Å². The molecule has 3 aromatic carbocycles. The van der Waals surface area contributed by atoms with Gasteiger partial charge in [-0.3, -0.25) is 4.79 Å². The van der Waals surface area contributed by atoms with E-state index in [2.05, 4.69) is 5.32 Å². The van der Waals surface area contributed by atoms with Gasteiger partial charge in [0.25, 0.3) is 0 Å². The summed E-state index contributed by atoms with van der Waals surface area (Å²) in [6.45, 7) is 0. The molecular weight excluding hydrogens is 341 g/mol. The summed E-state index contributed by atoms with van der Waals surface area (Å²) in [5, 5.41) is 3.03. The molecule has 0 heterocycles. The molecule has 0 saturated carbocycles. The summed E-state index contributed by atoms with van der Waals surface area (Å²) in [5.41, 5.74) is 0.908. The molecule has 0 unspecified atom stereocenters. The number of hydrogen-bond acceptors (Lipinski definition) is 2. The number of amides is 1. The Bertz CT molecular complexity index is 867. The molecular formula is C20H15ClFNO2. The maximum Gasteiger partial charge on any atom is 0.228 e. The zero-order valence-corrected chi connectivity index (χ0v) is 14.0. The average molecular weight is 356 g/mol.